The molecule has 1 N–H and O–H groups in total. The van der Waals surface area contributed by atoms with Crippen molar-refractivity contribution in [3.8, 4) is 0 Å². The van der Waals surface area contributed by atoms with Crippen molar-refractivity contribution in [1.29, 1.82) is 0 Å². The molecule has 0 aromatic carbocycles. The molecule has 0 spiro atoms. The van der Waals surface area contributed by atoms with Crippen LogP contribution in [0.2, 0.25) is 0 Å². The van der Waals surface area contributed by atoms with Crippen molar-refractivity contribution in [2.24, 2.45) is 5.41 Å². The molecular weight excluding hydrogens is 202 g/mol. The van der Waals surface area contributed by atoms with E-state index in [4.69, 9.17) is 0 Å². The number of carbonyl (C=O) groups is 2. The van der Waals surface area contributed by atoms with Crippen LogP contribution in [0.1, 0.15) is 59.3 Å². The molecule has 0 aromatic heterocycles. The number of hydrogen-bond acceptors (Lipinski definition) is 2. The van der Waals surface area contributed by atoms with E-state index >= 15 is 0 Å². The normalized spacial score (nSPS) is 11.2. The number of amides is 1. The third kappa shape index (κ3) is 8.45. The van der Waals surface area contributed by atoms with Crippen LogP contribution >= 0.6 is 0 Å². The Morgan fingerprint density at radius 2 is 1.81 bits per heavy atom. The predicted molar refractivity (Wildman–Crippen MR) is 66.2 cm³/mol. The fourth-order valence-corrected chi connectivity index (χ4v) is 1.47. The van der Waals surface area contributed by atoms with E-state index in [1.54, 1.807) is 0 Å². The van der Waals surface area contributed by atoms with Gasteiger partial charge in [0.1, 0.15) is 6.29 Å². The molecule has 3 nitrogen and oxygen atoms in total. The molecule has 0 aliphatic rings. The first kappa shape index (κ1) is 15.1. The molecule has 0 heterocycles. The van der Waals surface area contributed by atoms with Crippen LogP contribution in [0.5, 0.6) is 0 Å². The second kappa shape index (κ2) is 8.31. The van der Waals surface area contributed by atoms with Crippen molar-refractivity contribution in [2.75, 3.05) is 6.54 Å². The molecule has 0 saturated heterocycles. The largest absolute Gasteiger partial charge is 0.356 e. The van der Waals surface area contributed by atoms with Crippen LogP contribution in [0, 0.1) is 5.41 Å². The van der Waals surface area contributed by atoms with E-state index in [9.17, 15) is 9.59 Å². The van der Waals surface area contributed by atoms with Gasteiger partial charge >= 0.3 is 0 Å². The van der Waals surface area contributed by atoms with Gasteiger partial charge in [0, 0.05) is 18.4 Å². The molecule has 0 bridgehead atoms. The predicted octanol–water partition coefficient (Wildman–Crippen LogP) is 2.69. The lowest BCUT2D eigenvalue weighted by atomic mass is 9.89. The molecule has 0 fully saturated rings. The lowest BCUT2D eigenvalue weighted by Crippen LogP contribution is -2.23. The number of aldehydes is 1. The Hall–Kier alpha value is -0.860. The summed E-state index contributed by atoms with van der Waals surface area (Å²) in [5, 5.41) is 2.86. The molecule has 0 aromatic rings. The van der Waals surface area contributed by atoms with E-state index in [1.165, 1.54) is 0 Å². The summed E-state index contributed by atoms with van der Waals surface area (Å²) in [4.78, 5) is 21.6. The van der Waals surface area contributed by atoms with Crippen molar-refractivity contribution in [1.82, 2.24) is 5.32 Å². The molecule has 94 valence electrons. The molecule has 3 heteroatoms. The van der Waals surface area contributed by atoms with Crippen molar-refractivity contribution in [2.45, 2.75) is 59.3 Å². The van der Waals surface area contributed by atoms with Gasteiger partial charge in [-0.25, -0.2) is 0 Å². The zero-order valence-electron chi connectivity index (χ0n) is 10.8. The average Bonchev–Trinajstić information content (AvgIpc) is 2.27. The highest BCUT2D eigenvalue weighted by molar-refractivity contribution is 5.75. The van der Waals surface area contributed by atoms with Gasteiger partial charge < -0.3 is 10.1 Å². The number of unbranched alkanes of at least 4 members (excludes halogenated alkanes) is 3. The van der Waals surface area contributed by atoms with E-state index in [1.807, 2.05) is 20.8 Å². The topological polar surface area (TPSA) is 46.2 Å². The lowest BCUT2D eigenvalue weighted by Gasteiger charge is -2.15. The fraction of sp³-hybridized carbons (Fsp3) is 0.846. The zero-order chi connectivity index (χ0) is 12.4. The summed E-state index contributed by atoms with van der Waals surface area (Å²) in [7, 11) is 0. The van der Waals surface area contributed by atoms with Crippen LogP contribution in [0.4, 0.5) is 0 Å². The van der Waals surface area contributed by atoms with Gasteiger partial charge in [0.05, 0.1) is 0 Å². The van der Waals surface area contributed by atoms with Crippen molar-refractivity contribution >= 4 is 12.2 Å². The van der Waals surface area contributed by atoms with E-state index in [-0.39, 0.29) is 11.3 Å². The standard InChI is InChI=1S/C13H25NO2/c1-4-12(16)14-10-8-6-5-7-9-13(2,3)11-15/h11H,4-10H2,1-3H3,(H,14,16). The fourth-order valence-electron chi connectivity index (χ4n) is 1.47. The number of carbonyl (C=O) groups excluding carboxylic acids is 2. The summed E-state index contributed by atoms with van der Waals surface area (Å²) in [5.41, 5.74) is -0.170. The molecule has 0 atom stereocenters. The summed E-state index contributed by atoms with van der Waals surface area (Å²) in [6.07, 6.45) is 6.94. The number of nitrogens with one attached hydrogen (secondary N) is 1. The van der Waals surface area contributed by atoms with Crippen molar-refractivity contribution in [3.05, 3.63) is 0 Å². The van der Waals surface area contributed by atoms with Crippen LogP contribution in [0.25, 0.3) is 0 Å². The summed E-state index contributed by atoms with van der Waals surface area (Å²) in [6, 6.07) is 0. The smallest absolute Gasteiger partial charge is 0.219 e. The first-order chi connectivity index (χ1) is 7.52. The monoisotopic (exact) mass is 227 g/mol. The Labute approximate surface area is 99.0 Å². The van der Waals surface area contributed by atoms with Crippen LogP contribution < -0.4 is 5.32 Å². The number of rotatable bonds is 9. The Kier molecular flexibility index (Phi) is 7.86. The molecule has 0 rings (SSSR count). The molecule has 0 radical (unpaired) electrons. The van der Waals surface area contributed by atoms with E-state index in [0.717, 1.165) is 44.9 Å². The van der Waals surface area contributed by atoms with Gasteiger partial charge in [-0.1, -0.05) is 40.0 Å². The van der Waals surface area contributed by atoms with Crippen LogP contribution in [0.15, 0.2) is 0 Å². The Morgan fingerprint density at radius 3 is 2.38 bits per heavy atom. The minimum absolute atomic E-state index is 0.127. The van der Waals surface area contributed by atoms with Gasteiger partial charge in [0.25, 0.3) is 0 Å². The summed E-state index contributed by atoms with van der Waals surface area (Å²) in [6.45, 7) is 6.59. The first-order valence-corrected chi connectivity index (χ1v) is 6.25. The molecule has 0 unspecified atom stereocenters. The summed E-state index contributed by atoms with van der Waals surface area (Å²) < 4.78 is 0. The average molecular weight is 227 g/mol. The highest BCUT2D eigenvalue weighted by Gasteiger charge is 2.14. The molecule has 16 heavy (non-hydrogen) atoms. The zero-order valence-corrected chi connectivity index (χ0v) is 10.8. The maximum Gasteiger partial charge on any atom is 0.219 e. The number of hydrogen-bond donors (Lipinski definition) is 1. The third-order valence-corrected chi connectivity index (χ3v) is 2.71. The lowest BCUT2D eigenvalue weighted by molar-refractivity contribution is -0.120. The van der Waals surface area contributed by atoms with Gasteiger partial charge in [-0.05, 0) is 12.8 Å². The maximum atomic E-state index is 10.9. The van der Waals surface area contributed by atoms with Crippen molar-refractivity contribution in [3.63, 3.8) is 0 Å². The Morgan fingerprint density at radius 1 is 1.19 bits per heavy atom. The highest BCUT2D eigenvalue weighted by atomic mass is 16.1. The Bertz CT molecular complexity index is 212. The first-order valence-electron chi connectivity index (χ1n) is 6.25. The quantitative estimate of drug-likeness (QED) is 0.486. The van der Waals surface area contributed by atoms with E-state index in [2.05, 4.69) is 5.32 Å². The van der Waals surface area contributed by atoms with Crippen LogP contribution in [-0.2, 0) is 9.59 Å². The molecule has 1 amide bonds. The van der Waals surface area contributed by atoms with Gasteiger partial charge in [-0.15, -0.1) is 0 Å². The van der Waals surface area contributed by atoms with Gasteiger partial charge in [0.2, 0.25) is 5.91 Å². The van der Waals surface area contributed by atoms with E-state index < -0.39 is 0 Å². The summed E-state index contributed by atoms with van der Waals surface area (Å²) in [5.74, 6) is 0.127. The third-order valence-electron chi connectivity index (χ3n) is 2.71. The molecule has 0 aliphatic heterocycles. The van der Waals surface area contributed by atoms with E-state index in [0.29, 0.717) is 6.42 Å². The van der Waals surface area contributed by atoms with Gasteiger partial charge in [-0.3, -0.25) is 4.79 Å². The molecule has 0 aliphatic carbocycles. The second-order valence-electron chi connectivity index (χ2n) is 4.97. The maximum absolute atomic E-state index is 10.9. The Balaban J connectivity index is 3.28. The molecular formula is C13H25NO2. The van der Waals surface area contributed by atoms with Crippen molar-refractivity contribution < 1.29 is 9.59 Å². The minimum atomic E-state index is -0.170. The summed E-state index contributed by atoms with van der Waals surface area (Å²) >= 11 is 0. The highest BCUT2D eigenvalue weighted by Crippen LogP contribution is 2.20. The molecule has 0 saturated carbocycles. The van der Waals surface area contributed by atoms with Gasteiger partial charge in [-0.2, -0.15) is 0 Å². The van der Waals surface area contributed by atoms with Gasteiger partial charge in [0.15, 0.2) is 0 Å². The second-order valence-corrected chi connectivity index (χ2v) is 4.97. The van der Waals surface area contributed by atoms with Crippen LogP contribution in [0.3, 0.4) is 0 Å². The SMILES string of the molecule is CCC(=O)NCCCCCCC(C)(C)C=O. The van der Waals surface area contributed by atoms with Crippen LogP contribution in [-0.4, -0.2) is 18.7 Å². The minimum Gasteiger partial charge on any atom is -0.356 e.